The van der Waals surface area contributed by atoms with E-state index in [9.17, 15) is 8.42 Å². The van der Waals surface area contributed by atoms with Crippen molar-refractivity contribution in [2.75, 3.05) is 13.1 Å². The summed E-state index contributed by atoms with van der Waals surface area (Å²) in [6, 6.07) is 5.53. The third kappa shape index (κ3) is 4.30. The van der Waals surface area contributed by atoms with Crippen LogP contribution in [-0.2, 0) is 16.4 Å². The van der Waals surface area contributed by atoms with E-state index in [-0.39, 0.29) is 18.9 Å². The minimum absolute atomic E-state index is 0.220. The Labute approximate surface area is 119 Å². The molecule has 0 amide bonds. The second-order valence-corrected chi connectivity index (χ2v) is 8.07. The van der Waals surface area contributed by atoms with Crippen molar-refractivity contribution in [3.05, 3.63) is 17.0 Å². The van der Waals surface area contributed by atoms with Gasteiger partial charge >= 0.3 is 0 Å². The van der Waals surface area contributed by atoms with Gasteiger partial charge in [-0.05, 0) is 24.5 Å². The fourth-order valence-corrected chi connectivity index (χ4v) is 4.76. The molecule has 0 N–H and O–H groups in total. The van der Waals surface area contributed by atoms with Crippen LogP contribution in [0, 0.1) is 17.2 Å². The normalized spacial score (nSPS) is 12.0. The predicted octanol–water partition coefficient (Wildman–Crippen LogP) is 2.87. The Morgan fingerprint density at radius 1 is 1.42 bits per heavy atom. The maximum atomic E-state index is 12.5. The van der Waals surface area contributed by atoms with E-state index in [0.29, 0.717) is 10.8 Å². The van der Waals surface area contributed by atoms with E-state index in [2.05, 4.69) is 0 Å². The second-order valence-electron chi connectivity index (χ2n) is 4.74. The highest BCUT2D eigenvalue weighted by Gasteiger charge is 2.26. The highest BCUT2D eigenvalue weighted by molar-refractivity contribution is 7.91. The average Bonchev–Trinajstić information content (AvgIpc) is 2.83. The van der Waals surface area contributed by atoms with E-state index in [0.717, 1.165) is 11.3 Å². The first kappa shape index (κ1) is 16.2. The Morgan fingerprint density at radius 2 is 2.11 bits per heavy atom. The molecule has 0 fully saturated rings. The highest BCUT2D eigenvalue weighted by Crippen LogP contribution is 2.26. The Morgan fingerprint density at radius 3 is 2.58 bits per heavy atom. The van der Waals surface area contributed by atoms with Crippen LogP contribution in [0.2, 0.25) is 0 Å². The summed E-state index contributed by atoms with van der Waals surface area (Å²) in [4.78, 5) is 1.06. The van der Waals surface area contributed by atoms with Crippen molar-refractivity contribution < 1.29 is 8.42 Å². The number of nitrogens with zero attached hydrogens (tertiary/aromatic N) is 2. The van der Waals surface area contributed by atoms with Crippen LogP contribution in [0.1, 0.15) is 32.1 Å². The molecule has 0 saturated carbocycles. The predicted molar refractivity (Wildman–Crippen MR) is 77.5 cm³/mol. The van der Waals surface area contributed by atoms with Crippen LogP contribution in [0.3, 0.4) is 0 Å². The van der Waals surface area contributed by atoms with Crippen molar-refractivity contribution in [1.82, 2.24) is 4.31 Å². The molecule has 19 heavy (non-hydrogen) atoms. The molecule has 1 rings (SSSR count). The molecule has 0 unspecified atom stereocenters. The lowest BCUT2D eigenvalue weighted by Gasteiger charge is -2.22. The quantitative estimate of drug-likeness (QED) is 0.778. The third-order valence-electron chi connectivity index (χ3n) is 2.62. The standard InChI is InChI=1S/C13H20N2O2S2/c1-4-12-6-7-13(18-12)19(16,17)15(9-5-8-14)10-11(2)3/h6-7,11H,4-5,9-10H2,1-3H3. The molecular formula is C13H20N2O2S2. The smallest absolute Gasteiger partial charge is 0.206 e. The highest BCUT2D eigenvalue weighted by atomic mass is 32.2. The zero-order chi connectivity index (χ0) is 14.5. The number of sulfonamides is 1. The van der Waals surface area contributed by atoms with Gasteiger partial charge in [0, 0.05) is 24.4 Å². The van der Waals surface area contributed by atoms with Gasteiger partial charge in [-0.25, -0.2) is 8.42 Å². The van der Waals surface area contributed by atoms with Crippen molar-refractivity contribution in [1.29, 1.82) is 5.26 Å². The maximum absolute atomic E-state index is 12.5. The lowest BCUT2D eigenvalue weighted by Crippen LogP contribution is -2.34. The molecular weight excluding hydrogens is 280 g/mol. The lowest BCUT2D eigenvalue weighted by atomic mass is 10.2. The van der Waals surface area contributed by atoms with Crippen LogP contribution in [0.4, 0.5) is 0 Å². The van der Waals surface area contributed by atoms with Gasteiger partial charge in [-0.3, -0.25) is 0 Å². The number of nitriles is 1. The van der Waals surface area contributed by atoms with E-state index in [1.54, 1.807) is 6.07 Å². The topological polar surface area (TPSA) is 61.2 Å². The Bertz CT molecular complexity index is 541. The molecule has 0 atom stereocenters. The van der Waals surface area contributed by atoms with Crippen molar-refractivity contribution >= 4 is 21.4 Å². The maximum Gasteiger partial charge on any atom is 0.252 e. The summed E-state index contributed by atoms with van der Waals surface area (Å²) < 4.78 is 26.9. The molecule has 0 bridgehead atoms. The van der Waals surface area contributed by atoms with Gasteiger partial charge in [0.2, 0.25) is 0 Å². The van der Waals surface area contributed by atoms with Gasteiger partial charge in [0.25, 0.3) is 10.0 Å². The summed E-state index contributed by atoms with van der Waals surface area (Å²) in [5.41, 5.74) is 0. The first-order valence-electron chi connectivity index (χ1n) is 6.37. The van der Waals surface area contributed by atoms with Crippen LogP contribution in [0.25, 0.3) is 0 Å². The van der Waals surface area contributed by atoms with E-state index >= 15 is 0 Å². The van der Waals surface area contributed by atoms with Crippen LogP contribution >= 0.6 is 11.3 Å². The van der Waals surface area contributed by atoms with Gasteiger partial charge < -0.3 is 0 Å². The number of aryl methyl sites for hydroxylation is 1. The van der Waals surface area contributed by atoms with E-state index in [1.165, 1.54) is 15.6 Å². The van der Waals surface area contributed by atoms with Crippen molar-refractivity contribution in [3.8, 4) is 6.07 Å². The summed E-state index contributed by atoms with van der Waals surface area (Å²) in [6.07, 6.45) is 1.06. The van der Waals surface area contributed by atoms with Gasteiger partial charge in [-0.1, -0.05) is 20.8 Å². The molecule has 0 radical (unpaired) electrons. The molecule has 0 saturated heterocycles. The summed E-state index contributed by atoms with van der Waals surface area (Å²) in [7, 11) is -3.46. The fourth-order valence-electron chi connectivity index (χ4n) is 1.71. The Balaban J connectivity index is 3.00. The van der Waals surface area contributed by atoms with E-state index < -0.39 is 10.0 Å². The summed E-state index contributed by atoms with van der Waals surface area (Å²) in [5, 5.41) is 8.66. The first-order valence-corrected chi connectivity index (χ1v) is 8.63. The molecule has 6 heteroatoms. The van der Waals surface area contributed by atoms with Gasteiger partial charge in [0.05, 0.1) is 6.07 Å². The summed E-state index contributed by atoms with van der Waals surface area (Å²) >= 11 is 1.32. The van der Waals surface area contributed by atoms with E-state index in [1.807, 2.05) is 32.9 Å². The SMILES string of the molecule is CCc1ccc(S(=O)(=O)N(CCC#N)CC(C)C)s1. The van der Waals surface area contributed by atoms with Gasteiger partial charge in [-0.2, -0.15) is 9.57 Å². The number of thiophene rings is 1. The van der Waals surface area contributed by atoms with Crippen LogP contribution in [-0.4, -0.2) is 25.8 Å². The molecule has 0 spiro atoms. The van der Waals surface area contributed by atoms with Crippen LogP contribution in [0.5, 0.6) is 0 Å². The molecule has 0 aliphatic heterocycles. The molecule has 106 valence electrons. The van der Waals surface area contributed by atoms with Gasteiger partial charge in [0.1, 0.15) is 4.21 Å². The molecule has 0 aliphatic carbocycles. The van der Waals surface area contributed by atoms with Crippen LogP contribution < -0.4 is 0 Å². The molecule has 0 aromatic carbocycles. The van der Waals surface area contributed by atoms with Crippen molar-refractivity contribution in [2.24, 2.45) is 5.92 Å². The van der Waals surface area contributed by atoms with E-state index in [4.69, 9.17) is 5.26 Å². The minimum atomic E-state index is -3.46. The Hall–Kier alpha value is -0.900. The first-order chi connectivity index (χ1) is 8.91. The lowest BCUT2D eigenvalue weighted by molar-refractivity contribution is 0.374. The number of hydrogen-bond donors (Lipinski definition) is 0. The largest absolute Gasteiger partial charge is 0.252 e. The molecule has 1 aromatic rings. The summed E-state index contributed by atoms with van der Waals surface area (Å²) in [5.74, 6) is 0.235. The number of hydrogen-bond acceptors (Lipinski definition) is 4. The van der Waals surface area contributed by atoms with Gasteiger partial charge in [0.15, 0.2) is 0 Å². The van der Waals surface area contributed by atoms with Crippen molar-refractivity contribution in [3.63, 3.8) is 0 Å². The zero-order valence-electron chi connectivity index (χ0n) is 11.6. The van der Waals surface area contributed by atoms with Crippen LogP contribution in [0.15, 0.2) is 16.3 Å². The molecule has 1 heterocycles. The Kier molecular flexibility index (Phi) is 5.98. The monoisotopic (exact) mass is 300 g/mol. The fraction of sp³-hybridized carbons (Fsp3) is 0.615. The number of rotatable bonds is 7. The minimum Gasteiger partial charge on any atom is -0.206 e. The second kappa shape index (κ2) is 7.04. The third-order valence-corrected chi connectivity index (χ3v) is 6.18. The zero-order valence-corrected chi connectivity index (χ0v) is 13.2. The van der Waals surface area contributed by atoms with Crippen molar-refractivity contribution in [2.45, 2.75) is 37.8 Å². The molecule has 4 nitrogen and oxygen atoms in total. The average molecular weight is 300 g/mol. The summed E-state index contributed by atoms with van der Waals surface area (Å²) in [6.45, 7) is 6.66. The molecule has 0 aliphatic rings. The molecule has 1 aromatic heterocycles. The van der Waals surface area contributed by atoms with Gasteiger partial charge in [-0.15, -0.1) is 11.3 Å².